The quantitative estimate of drug-likeness (QED) is 0.321. The lowest BCUT2D eigenvalue weighted by Crippen LogP contribution is -2.39. The zero-order chi connectivity index (χ0) is 24.0. The second kappa shape index (κ2) is 11.1. The van der Waals surface area contributed by atoms with Crippen LogP contribution in [0.25, 0.3) is 0 Å². The van der Waals surface area contributed by atoms with Gasteiger partial charge in [0.1, 0.15) is 0 Å². The summed E-state index contributed by atoms with van der Waals surface area (Å²) < 4.78 is 27.6. The second-order valence-electron chi connectivity index (χ2n) is 7.14. The fourth-order valence-electron chi connectivity index (χ4n) is 2.88. The lowest BCUT2D eigenvalue weighted by molar-refractivity contribution is -0.121. The highest BCUT2D eigenvalue weighted by Crippen LogP contribution is 2.22. The largest absolute Gasteiger partial charge is 0.272 e. The lowest BCUT2D eigenvalue weighted by atomic mass is 10.1. The zero-order valence-corrected chi connectivity index (χ0v) is 20.6. The Balaban J connectivity index is 1.81. The number of hydrogen-bond acceptors (Lipinski definition) is 4. The third kappa shape index (κ3) is 6.79. The summed E-state index contributed by atoms with van der Waals surface area (Å²) in [5, 5.41) is 5.01. The van der Waals surface area contributed by atoms with Gasteiger partial charge in [-0.15, -0.1) is 0 Å². The Morgan fingerprint density at radius 3 is 2.18 bits per heavy atom. The van der Waals surface area contributed by atoms with Gasteiger partial charge in [-0.05, 0) is 48.9 Å². The minimum absolute atomic E-state index is 0.00127. The number of aryl methyl sites for hydroxylation is 1. The Bertz CT molecular complexity index is 1240. The Labute approximate surface area is 207 Å². The number of rotatable bonds is 8. The number of amides is 1. The van der Waals surface area contributed by atoms with Crippen LogP contribution in [0.2, 0.25) is 15.1 Å². The first-order valence-corrected chi connectivity index (χ1v) is 12.3. The molecule has 3 aromatic carbocycles. The third-order valence-corrected chi connectivity index (χ3v) is 7.35. The maximum absolute atomic E-state index is 13.3. The minimum atomic E-state index is -3.99. The van der Waals surface area contributed by atoms with E-state index < -0.39 is 22.5 Å². The first-order chi connectivity index (χ1) is 15.7. The molecule has 33 heavy (non-hydrogen) atoms. The Morgan fingerprint density at radius 2 is 1.58 bits per heavy atom. The molecule has 0 aliphatic rings. The number of hydrazone groups is 1. The normalized spacial score (nSPS) is 11.8. The molecule has 3 aromatic rings. The molecule has 0 aliphatic heterocycles. The average Bonchev–Trinajstić information content (AvgIpc) is 2.77. The molecule has 0 aliphatic carbocycles. The highest BCUT2D eigenvalue weighted by Gasteiger charge is 2.27. The van der Waals surface area contributed by atoms with Gasteiger partial charge >= 0.3 is 0 Å². The standard InChI is InChI=1S/C23H20Cl3N3O3S/c1-16-5-7-17(8-6-16)14-29(33(31,32)19-11-9-18(24)10-12-19)15-23(30)28-27-13-20-21(25)3-2-4-22(20)26/h2-13H,14-15H2,1H3,(H,28,30)/b27-13-. The molecule has 0 heterocycles. The summed E-state index contributed by atoms with van der Waals surface area (Å²) in [4.78, 5) is 12.6. The highest BCUT2D eigenvalue weighted by molar-refractivity contribution is 7.89. The maximum atomic E-state index is 13.3. The number of carbonyl (C=O) groups is 1. The first kappa shape index (κ1) is 25.2. The van der Waals surface area contributed by atoms with Gasteiger partial charge in [-0.3, -0.25) is 4.79 Å². The molecule has 3 rings (SSSR count). The molecule has 1 N–H and O–H groups in total. The Morgan fingerprint density at radius 1 is 0.970 bits per heavy atom. The fraction of sp³-hybridized carbons (Fsp3) is 0.130. The SMILES string of the molecule is Cc1ccc(CN(CC(=O)N/N=C\c2c(Cl)cccc2Cl)S(=O)(=O)c2ccc(Cl)cc2)cc1. The van der Waals surface area contributed by atoms with E-state index in [2.05, 4.69) is 10.5 Å². The van der Waals surface area contributed by atoms with Gasteiger partial charge in [0.25, 0.3) is 5.91 Å². The van der Waals surface area contributed by atoms with E-state index in [9.17, 15) is 13.2 Å². The van der Waals surface area contributed by atoms with Crippen LogP contribution in [0.1, 0.15) is 16.7 Å². The van der Waals surface area contributed by atoms with Gasteiger partial charge in [0.05, 0.1) is 27.7 Å². The van der Waals surface area contributed by atoms with Crippen molar-refractivity contribution >= 4 is 56.9 Å². The van der Waals surface area contributed by atoms with Crippen LogP contribution in [0, 0.1) is 6.92 Å². The smallest absolute Gasteiger partial charge is 0.255 e. The van der Waals surface area contributed by atoms with E-state index in [-0.39, 0.29) is 11.4 Å². The van der Waals surface area contributed by atoms with Crippen LogP contribution >= 0.6 is 34.8 Å². The van der Waals surface area contributed by atoms with Crippen LogP contribution in [-0.4, -0.2) is 31.4 Å². The second-order valence-corrected chi connectivity index (χ2v) is 10.3. The number of nitrogens with one attached hydrogen (secondary N) is 1. The van der Waals surface area contributed by atoms with E-state index in [0.29, 0.717) is 20.6 Å². The molecule has 0 fully saturated rings. The van der Waals surface area contributed by atoms with E-state index in [1.54, 1.807) is 18.2 Å². The summed E-state index contributed by atoms with van der Waals surface area (Å²) >= 11 is 18.1. The molecule has 1 amide bonds. The maximum Gasteiger partial charge on any atom is 0.255 e. The molecule has 0 atom stereocenters. The molecular formula is C23H20Cl3N3O3S. The van der Waals surface area contributed by atoms with Crippen molar-refractivity contribution in [2.24, 2.45) is 5.10 Å². The van der Waals surface area contributed by atoms with Crippen molar-refractivity contribution in [2.45, 2.75) is 18.4 Å². The molecule has 0 spiro atoms. The first-order valence-electron chi connectivity index (χ1n) is 9.74. The topological polar surface area (TPSA) is 78.8 Å². The molecule has 0 unspecified atom stereocenters. The molecule has 10 heteroatoms. The number of carbonyl (C=O) groups excluding carboxylic acids is 1. The number of halogens is 3. The Hall–Kier alpha value is -2.42. The monoisotopic (exact) mass is 523 g/mol. The van der Waals surface area contributed by atoms with E-state index >= 15 is 0 Å². The molecule has 0 radical (unpaired) electrons. The summed E-state index contributed by atoms with van der Waals surface area (Å²) in [6.07, 6.45) is 1.31. The summed E-state index contributed by atoms with van der Waals surface area (Å²) in [7, 11) is -3.99. The van der Waals surface area contributed by atoms with E-state index in [1.807, 2.05) is 31.2 Å². The van der Waals surface area contributed by atoms with Crippen molar-refractivity contribution in [3.05, 3.63) is 98.5 Å². The van der Waals surface area contributed by atoms with Crippen LogP contribution in [-0.2, 0) is 21.4 Å². The van der Waals surface area contributed by atoms with E-state index in [4.69, 9.17) is 34.8 Å². The van der Waals surface area contributed by atoms with Gasteiger partial charge in [-0.25, -0.2) is 13.8 Å². The van der Waals surface area contributed by atoms with Gasteiger partial charge in [-0.1, -0.05) is 70.7 Å². The van der Waals surface area contributed by atoms with Gasteiger partial charge in [0.2, 0.25) is 10.0 Å². The molecule has 172 valence electrons. The van der Waals surface area contributed by atoms with Crippen molar-refractivity contribution in [1.29, 1.82) is 0 Å². The van der Waals surface area contributed by atoms with Crippen molar-refractivity contribution in [1.82, 2.24) is 9.73 Å². The molecule has 0 saturated heterocycles. The van der Waals surface area contributed by atoms with Gasteiger partial charge in [-0.2, -0.15) is 9.41 Å². The van der Waals surface area contributed by atoms with Gasteiger partial charge in [0, 0.05) is 17.1 Å². The number of hydrogen-bond donors (Lipinski definition) is 1. The van der Waals surface area contributed by atoms with Crippen molar-refractivity contribution in [3.63, 3.8) is 0 Å². The average molecular weight is 525 g/mol. The van der Waals surface area contributed by atoms with Gasteiger partial charge in [0.15, 0.2) is 0 Å². The van der Waals surface area contributed by atoms with E-state index in [1.165, 1.54) is 30.5 Å². The summed E-state index contributed by atoms with van der Waals surface area (Å²) in [5.74, 6) is -0.626. The van der Waals surface area contributed by atoms with Crippen LogP contribution in [0.4, 0.5) is 0 Å². The number of benzene rings is 3. The summed E-state index contributed by atoms with van der Waals surface area (Å²) in [6, 6.07) is 18.1. The third-order valence-electron chi connectivity index (χ3n) is 4.63. The predicted octanol–water partition coefficient (Wildman–Crippen LogP) is 5.30. The lowest BCUT2D eigenvalue weighted by Gasteiger charge is -2.21. The fourth-order valence-corrected chi connectivity index (χ4v) is 4.88. The zero-order valence-electron chi connectivity index (χ0n) is 17.5. The van der Waals surface area contributed by atoms with Crippen LogP contribution in [0.5, 0.6) is 0 Å². The molecular weight excluding hydrogens is 505 g/mol. The molecule has 0 bridgehead atoms. The summed E-state index contributed by atoms with van der Waals surface area (Å²) in [6.45, 7) is 1.48. The van der Waals surface area contributed by atoms with Crippen molar-refractivity contribution < 1.29 is 13.2 Å². The molecule has 0 aromatic heterocycles. The van der Waals surface area contributed by atoms with Crippen molar-refractivity contribution in [3.8, 4) is 0 Å². The predicted molar refractivity (Wildman–Crippen MR) is 132 cm³/mol. The highest BCUT2D eigenvalue weighted by atomic mass is 35.5. The van der Waals surface area contributed by atoms with Crippen LogP contribution in [0.3, 0.4) is 0 Å². The summed E-state index contributed by atoms with van der Waals surface area (Å²) in [5.41, 5.74) is 4.54. The number of nitrogens with zero attached hydrogens (tertiary/aromatic N) is 2. The molecule has 6 nitrogen and oxygen atoms in total. The van der Waals surface area contributed by atoms with E-state index in [0.717, 1.165) is 15.4 Å². The molecule has 0 saturated carbocycles. The van der Waals surface area contributed by atoms with Crippen LogP contribution < -0.4 is 5.43 Å². The van der Waals surface area contributed by atoms with Gasteiger partial charge < -0.3 is 0 Å². The number of sulfonamides is 1. The van der Waals surface area contributed by atoms with Crippen molar-refractivity contribution in [2.75, 3.05) is 6.54 Å². The van der Waals surface area contributed by atoms with Crippen LogP contribution in [0.15, 0.2) is 76.7 Å². The Kier molecular flexibility index (Phi) is 8.51. The minimum Gasteiger partial charge on any atom is -0.272 e.